The van der Waals surface area contributed by atoms with Gasteiger partial charge < -0.3 is 20.1 Å². The topological polar surface area (TPSA) is 118 Å². The number of ether oxygens (including phenoxy) is 2. The van der Waals surface area contributed by atoms with Crippen LogP contribution in [0, 0.1) is 6.92 Å². The Morgan fingerprint density at radius 1 is 0.895 bits per heavy atom. The quantitative estimate of drug-likeness (QED) is 0.127. The van der Waals surface area contributed by atoms with E-state index in [4.69, 9.17) is 9.47 Å². The number of carbonyl (C=O) groups excluding carboxylic acids is 3. The summed E-state index contributed by atoms with van der Waals surface area (Å²) in [5, 5.41) is 9.11. The van der Waals surface area contributed by atoms with Crippen LogP contribution in [0.4, 0.5) is 11.4 Å². The summed E-state index contributed by atoms with van der Waals surface area (Å²) in [6.45, 7) is 4.46. The van der Waals surface area contributed by atoms with E-state index in [2.05, 4.69) is 44.0 Å². The number of halogens is 1. The molecule has 0 aliphatic heterocycles. The molecule has 0 heterocycles. The highest BCUT2D eigenvalue weighted by Gasteiger charge is 2.13. The number of benzene rings is 3. The molecule has 0 atom stereocenters. The minimum atomic E-state index is -0.920. The molecule has 0 fully saturated rings. The molecule has 198 valence electrons. The van der Waals surface area contributed by atoms with Crippen molar-refractivity contribution in [2.75, 3.05) is 23.8 Å². The number of aryl methyl sites for hydroxylation is 1. The fourth-order valence-corrected chi connectivity index (χ4v) is 3.37. The van der Waals surface area contributed by atoms with Gasteiger partial charge in [-0.15, -0.1) is 0 Å². The Hall–Kier alpha value is -4.18. The first-order valence-corrected chi connectivity index (χ1v) is 12.8. The highest BCUT2D eigenvalue weighted by atomic mass is 79.9. The van der Waals surface area contributed by atoms with Gasteiger partial charge in [-0.3, -0.25) is 14.4 Å². The largest absolute Gasteiger partial charge is 0.494 e. The predicted molar refractivity (Wildman–Crippen MR) is 151 cm³/mol. The monoisotopic (exact) mass is 580 g/mol. The third kappa shape index (κ3) is 9.36. The van der Waals surface area contributed by atoms with Crippen LogP contribution in [0.25, 0.3) is 0 Å². The average Bonchev–Trinajstić information content (AvgIpc) is 2.91. The van der Waals surface area contributed by atoms with E-state index in [0.29, 0.717) is 35.0 Å². The van der Waals surface area contributed by atoms with Gasteiger partial charge in [-0.2, -0.15) is 5.10 Å². The number of hydrazone groups is 1. The molecule has 38 heavy (non-hydrogen) atoms. The second-order valence-electron chi connectivity index (χ2n) is 8.25. The van der Waals surface area contributed by atoms with Gasteiger partial charge in [0.1, 0.15) is 11.5 Å². The molecule has 0 unspecified atom stereocenters. The van der Waals surface area contributed by atoms with Crippen molar-refractivity contribution in [2.45, 2.75) is 26.7 Å². The van der Waals surface area contributed by atoms with E-state index in [0.717, 1.165) is 22.9 Å². The van der Waals surface area contributed by atoms with Gasteiger partial charge in [0.15, 0.2) is 6.61 Å². The maximum Gasteiger partial charge on any atom is 0.329 e. The van der Waals surface area contributed by atoms with Crippen LogP contribution in [0.15, 0.2) is 76.3 Å². The number of rotatable bonds is 11. The Kier molecular flexibility index (Phi) is 10.9. The minimum absolute atomic E-state index is 0.182. The molecule has 0 aliphatic carbocycles. The van der Waals surface area contributed by atoms with Crippen LogP contribution in [0.2, 0.25) is 0 Å². The molecule has 3 aromatic rings. The Labute approximate surface area is 229 Å². The van der Waals surface area contributed by atoms with Crippen LogP contribution < -0.4 is 25.5 Å². The summed E-state index contributed by atoms with van der Waals surface area (Å²) < 4.78 is 12.1. The molecule has 0 aliphatic rings. The molecule has 9 nitrogen and oxygen atoms in total. The maximum atomic E-state index is 12.2. The van der Waals surface area contributed by atoms with Gasteiger partial charge in [0, 0.05) is 15.8 Å². The van der Waals surface area contributed by atoms with Crippen LogP contribution >= 0.6 is 15.9 Å². The number of anilines is 2. The summed E-state index contributed by atoms with van der Waals surface area (Å²) in [5.41, 5.74) is 4.93. The molecule has 0 aromatic heterocycles. The van der Waals surface area contributed by atoms with Gasteiger partial charge >= 0.3 is 11.8 Å². The summed E-state index contributed by atoms with van der Waals surface area (Å²) in [6.07, 6.45) is 3.36. The van der Waals surface area contributed by atoms with Crippen LogP contribution in [-0.2, 0) is 14.4 Å². The number of hydrogen-bond donors (Lipinski definition) is 3. The minimum Gasteiger partial charge on any atom is -0.494 e. The van der Waals surface area contributed by atoms with Crippen LogP contribution in [0.3, 0.4) is 0 Å². The molecule has 0 saturated heterocycles. The van der Waals surface area contributed by atoms with E-state index in [1.54, 1.807) is 54.6 Å². The lowest BCUT2D eigenvalue weighted by Gasteiger charge is -2.09. The van der Waals surface area contributed by atoms with Crippen molar-refractivity contribution in [3.05, 3.63) is 82.3 Å². The number of nitrogens with zero attached hydrogens (tertiary/aromatic N) is 1. The normalized spacial score (nSPS) is 10.6. The summed E-state index contributed by atoms with van der Waals surface area (Å²) >= 11 is 3.43. The first-order valence-electron chi connectivity index (χ1n) is 12.0. The zero-order valence-electron chi connectivity index (χ0n) is 21.1. The van der Waals surface area contributed by atoms with Crippen molar-refractivity contribution < 1.29 is 23.9 Å². The van der Waals surface area contributed by atoms with Crippen molar-refractivity contribution in [3.63, 3.8) is 0 Å². The van der Waals surface area contributed by atoms with Crippen molar-refractivity contribution in [1.82, 2.24) is 5.43 Å². The third-order valence-corrected chi connectivity index (χ3v) is 6.02. The fourth-order valence-electron chi connectivity index (χ4n) is 3.13. The highest BCUT2D eigenvalue weighted by molar-refractivity contribution is 9.10. The lowest BCUT2D eigenvalue weighted by Crippen LogP contribution is -2.32. The van der Waals surface area contributed by atoms with Gasteiger partial charge in [-0.1, -0.05) is 41.4 Å². The highest BCUT2D eigenvalue weighted by Crippen LogP contribution is 2.20. The molecule has 3 amide bonds. The van der Waals surface area contributed by atoms with Crippen molar-refractivity contribution >= 4 is 51.2 Å². The Morgan fingerprint density at radius 2 is 1.66 bits per heavy atom. The fraction of sp³-hybridized carbons (Fsp3) is 0.214. The van der Waals surface area contributed by atoms with Gasteiger partial charge in [0.25, 0.3) is 5.91 Å². The molecule has 3 aromatic carbocycles. The van der Waals surface area contributed by atoms with E-state index in [1.165, 1.54) is 6.21 Å². The summed E-state index contributed by atoms with van der Waals surface area (Å²) in [6, 6.07) is 19.1. The number of amides is 3. The van der Waals surface area contributed by atoms with Crippen molar-refractivity contribution in [2.24, 2.45) is 5.10 Å². The number of unbranched alkanes of at least 4 members (excludes halogenated alkanes) is 1. The van der Waals surface area contributed by atoms with E-state index in [9.17, 15) is 14.4 Å². The number of nitrogens with one attached hydrogen (secondary N) is 3. The Balaban J connectivity index is 1.44. The zero-order valence-corrected chi connectivity index (χ0v) is 22.7. The van der Waals surface area contributed by atoms with E-state index >= 15 is 0 Å². The number of hydrogen-bond acceptors (Lipinski definition) is 6. The molecule has 10 heteroatoms. The van der Waals surface area contributed by atoms with Gasteiger partial charge in [0.05, 0.1) is 12.8 Å². The van der Waals surface area contributed by atoms with Gasteiger partial charge in [0.2, 0.25) is 0 Å². The van der Waals surface area contributed by atoms with Crippen molar-refractivity contribution in [3.8, 4) is 11.5 Å². The maximum absolute atomic E-state index is 12.2. The molecule has 0 spiro atoms. The van der Waals surface area contributed by atoms with Gasteiger partial charge in [-0.25, -0.2) is 5.43 Å². The molecule has 3 N–H and O–H groups in total. The van der Waals surface area contributed by atoms with Crippen LogP contribution in [0.1, 0.15) is 30.9 Å². The molecule has 0 radical (unpaired) electrons. The predicted octanol–water partition coefficient (Wildman–Crippen LogP) is 5.04. The Morgan fingerprint density at radius 3 is 2.39 bits per heavy atom. The Bertz CT molecular complexity index is 1290. The van der Waals surface area contributed by atoms with E-state index in [1.807, 2.05) is 19.1 Å². The zero-order chi connectivity index (χ0) is 27.3. The average molecular weight is 581 g/mol. The first kappa shape index (κ1) is 28.4. The third-order valence-electron chi connectivity index (χ3n) is 5.13. The summed E-state index contributed by atoms with van der Waals surface area (Å²) in [7, 11) is 0. The summed E-state index contributed by atoms with van der Waals surface area (Å²) in [4.78, 5) is 36.4. The second-order valence-corrected chi connectivity index (χ2v) is 9.11. The smallest absolute Gasteiger partial charge is 0.329 e. The lowest BCUT2D eigenvalue weighted by molar-refractivity contribution is -0.136. The van der Waals surface area contributed by atoms with Gasteiger partial charge in [-0.05, 0) is 79.1 Å². The first-order chi connectivity index (χ1) is 18.3. The standard InChI is InChI=1S/C28H29BrN4O5/c1-3-4-14-37-23-11-8-21(9-12-23)32-27(35)28(36)33-30-17-20-6-5-7-24(16-20)38-18-26(34)31-22-10-13-25(29)19(2)15-22/h5-13,15-17H,3-4,14,18H2,1-2H3,(H,31,34)(H,32,35)(H,33,36)/b30-17-. The molecule has 0 saturated carbocycles. The van der Waals surface area contributed by atoms with Crippen molar-refractivity contribution in [1.29, 1.82) is 0 Å². The molecule has 3 rings (SSSR count). The summed E-state index contributed by atoms with van der Waals surface area (Å²) in [5.74, 6) is -0.940. The van der Waals surface area contributed by atoms with Crippen LogP contribution in [-0.4, -0.2) is 37.1 Å². The lowest BCUT2D eigenvalue weighted by atomic mass is 10.2. The molecular formula is C28H29BrN4O5. The van der Waals surface area contributed by atoms with E-state index in [-0.39, 0.29) is 12.5 Å². The molecule has 0 bridgehead atoms. The second kappa shape index (κ2) is 14.5. The molecular weight excluding hydrogens is 552 g/mol. The van der Waals surface area contributed by atoms with Crippen LogP contribution in [0.5, 0.6) is 11.5 Å². The number of carbonyl (C=O) groups is 3. The SMILES string of the molecule is CCCCOc1ccc(NC(=O)C(=O)N/N=C\c2cccc(OCC(=O)Nc3ccc(Br)c(C)c3)c2)cc1. The van der Waals surface area contributed by atoms with E-state index < -0.39 is 11.8 Å².